The molecule has 0 aromatic heterocycles. The lowest BCUT2D eigenvalue weighted by molar-refractivity contribution is 0.581. The zero-order chi connectivity index (χ0) is 10.4. The standard InChI is InChI=1S/C11H22N2/c1-8(2)6-7-11(9(3)4)13-10(5)12/h8H,6-7H2,1-5H3,(H2,12,13). The largest absolute Gasteiger partial charge is 0.387 e. The Bertz CT molecular complexity index is 204. The third-order valence-corrected chi connectivity index (χ3v) is 1.85. The fourth-order valence-electron chi connectivity index (χ4n) is 1.06. The molecule has 0 aromatic carbocycles. The van der Waals surface area contributed by atoms with Crippen molar-refractivity contribution in [2.24, 2.45) is 16.6 Å². The summed E-state index contributed by atoms with van der Waals surface area (Å²) in [4.78, 5) is 4.32. The molecule has 0 aliphatic heterocycles. The van der Waals surface area contributed by atoms with Crippen LogP contribution in [0.4, 0.5) is 0 Å². The molecular formula is C11H22N2. The quantitative estimate of drug-likeness (QED) is 0.526. The lowest BCUT2D eigenvalue weighted by Gasteiger charge is -2.07. The summed E-state index contributed by atoms with van der Waals surface area (Å²) >= 11 is 0. The molecule has 0 atom stereocenters. The highest BCUT2D eigenvalue weighted by Crippen LogP contribution is 2.16. The maximum Gasteiger partial charge on any atom is 0.0960 e. The first-order chi connectivity index (χ1) is 5.93. The molecule has 0 saturated heterocycles. The van der Waals surface area contributed by atoms with E-state index < -0.39 is 0 Å². The Balaban J connectivity index is 4.31. The Morgan fingerprint density at radius 3 is 2.08 bits per heavy atom. The van der Waals surface area contributed by atoms with Crippen LogP contribution in [0.2, 0.25) is 0 Å². The van der Waals surface area contributed by atoms with Crippen LogP contribution >= 0.6 is 0 Å². The molecule has 0 rings (SSSR count). The summed E-state index contributed by atoms with van der Waals surface area (Å²) in [6.07, 6.45) is 2.21. The van der Waals surface area contributed by atoms with Gasteiger partial charge in [0.15, 0.2) is 0 Å². The number of nitrogens with zero attached hydrogens (tertiary/aromatic N) is 1. The van der Waals surface area contributed by atoms with Gasteiger partial charge in [0.05, 0.1) is 5.84 Å². The average molecular weight is 182 g/mol. The summed E-state index contributed by atoms with van der Waals surface area (Å²) in [5.74, 6) is 1.38. The van der Waals surface area contributed by atoms with Crippen molar-refractivity contribution in [2.45, 2.75) is 47.5 Å². The number of hydrogen-bond donors (Lipinski definition) is 1. The lowest BCUT2D eigenvalue weighted by Crippen LogP contribution is -2.06. The predicted octanol–water partition coefficient (Wildman–Crippen LogP) is 3.09. The van der Waals surface area contributed by atoms with Gasteiger partial charge in [0, 0.05) is 5.70 Å². The molecule has 0 radical (unpaired) electrons. The number of aliphatic imine (C=N–C) groups is 1. The van der Waals surface area contributed by atoms with E-state index in [0.717, 1.165) is 18.0 Å². The Hall–Kier alpha value is -0.790. The van der Waals surface area contributed by atoms with Gasteiger partial charge in [0.2, 0.25) is 0 Å². The molecule has 13 heavy (non-hydrogen) atoms. The van der Waals surface area contributed by atoms with Crippen LogP contribution in [0.1, 0.15) is 47.5 Å². The highest BCUT2D eigenvalue weighted by molar-refractivity contribution is 5.78. The van der Waals surface area contributed by atoms with Gasteiger partial charge >= 0.3 is 0 Å². The molecule has 2 N–H and O–H groups in total. The van der Waals surface area contributed by atoms with Gasteiger partial charge in [0.1, 0.15) is 0 Å². The van der Waals surface area contributed by atoms with Crippen LogP contribution in [0.25, 0.3) is 0 Å². The minimum atomic E-state index is 0.653. The monoisotopic (exact) mass is 182 g/mol. The fraction of sp³-hybridized carbons (Fsp3) is 0.727. The van der Waals surface area contributed by atoms with Crippen molar-refractivity contribution >= 4 is 5.84 Å². The second-order valence-electron chi connectivity index (χ2n) is 4.13. The first-order valence-corrected chi connectivity index (χ1v) is 4.90. The van der Waals surface area contributed by atoms with Gasteiger partial charge < -0.3 is 5.73 Å². The van der Waals surface area contributed by atoms with E-state index in [-0.39, 0.29) is 0 Å². The van der Waals surface area contributed by atoms with E-state index in [1.165, 1.54) is 12.0 Å². The minimum absolute atomic E-state index is 0.653. The lowest BCUT2D eigenvalue weighted by atomic mass is 10.0. The molecular weight excluding hydrogens is 160 g/mol. The van der Waals surface area contributed by atoms with Crippen LogP contribution in [0, 0.1) is 5.92 Å². The zero-order valence-electron chi connectivity index (χ0n) is 9.52. The number of hydrogen-bond acceptors (Lipinski definition) is 1. The van der Waals surface area contributed by atoms with Gasteiger partial charge in [0.25, 0.3) is 0 Å². The van der Waals surface area contributed by atoms with E-state index >= 15 is 0 Å². The number of rotatable bonds is 4. The number of nitrogens with two attached hydrogens (primary N) is 1. The van der Waals surface area contributed by atoms with Crippen molar-refractivity contribution in [1.82, 2.24) is 0 Å². The van der Waals surface area contributed by atoms with Crippen LogP contribution < -0.4 is 5.73 Å². The molecule has 0 spiro atoms. The van der Waals surface area contributed by atoms with Crippen LogP contribution in [-0.4, -0.2) is 5.84 Å². The SMILES string of the molecule is CC(C)=C(CCC(C)C)/N=C(\C)N. The molecule has 2 heteroatoms. The Kier molecular flexibility index (Phi) is 5.44. The van der Waals surface area contributed by atoms with E-state index in [9.17, 15) is 0 Å². The Morgan fingerprint density at radius 1 is 1.23 bits per heavy atom. The van der Waals surface area contributed by atoms with E-state index in [2.05, 4.69) is 32.7 Å². The third kappa shape index (κ3) is 6.38. The zero-order valence-corrected chi connectivity index (χ0v) is 9.52. The van der Waals surface area contributed by atoms with Crippen molar-refractivity contribution in [2.75, 3.05) is 0 Å². The van der Waals surface area contributed by atoms with Crippen LogP contribution in [0.5, 0.6) is 0 Å². The van der Waals surface area contributed by atoms with E-state index in [1.54, 1.807) is 0 Å². The molecule has 0 fully saturated rings. The first kappa shape index (κ1) is 12.2. The number of amidine groups is 1. The minimum Gasteiger partial charge on any atom is -0.387 e. The van der Waals surface area contributed by atoms with Gasteiger partial charge in [-0.3, -0.25) is 0 Å². The second-order valence-corrected chi connectivity index (χ2v) is 4.13. The maximum atomic E-state index is 5.55. The highest BCUT2D eigenvalue weighted by Gasteiger charge is 2.00. The van der Waals surface area contributed by atoms with Crippen molar-refractivity contribution in [3.63, 3.8) is 0 Å². The van der Waals surface area contributed by atoms with Gasteiger partial charge in [-0.15, -0.1) is 0 Å². The highest BCUT2D eigenvalue weighted by atomic mass is 14.9. The summed E-state index contributed by atoms with van der Waals surface area (Å²) in [5.41, 5.74) is 7.97. The van der Waals surface area contributed by atoms with Crippen molar-refractivity contribution in [3.8, 4) is 0 Å². The fourth-order valence-corrected chi connectivity index (χ4v) is 1.06. The summed E-state index contributed by atoms with van der Waals surface area (Å²) in [5, 5.41) is 0. The smallest absolute Gasteiger partial charge is 0.0960 e. The summed E-state index contributed by atoms with van der Waals surface area (Å²) in [6.45, 7) is 10.5. The van der Waals surface area contributed by atoms with Crippen molar-refractivity contribution < 1.29 is 0 Å². The third-order valence-electron chi connectivity index (χ3n) is 1.85. The first-order valence-electron chi connectivity index (χ1n) is 4.90. The Morgan fingerprint density at radius 2 is 1.77 bits per heavy atom. The molecule has 76 valence electrons. The summed E-state index contributed by atoms with van der Waals surface area (Å²) < 4.78 is 0. The number of allylic oxidation sites excluding steroid dienone is 2. The van der Waals surface area contributed by atoms with Gasteiger partial charge in [-0.05, 0) is 39.5 Å². The molecule has 0 aromatic rings. The van der Waals surface area contributed by atoms with Crippen LogP contribution in [0.15, 0.2) is 16.3 Å². The van der Waals surface area contributed by atoms with Gasteiger partial charge in [-0.2, -0.15) is 0 Å². The van der Waals surface area contributed by atoms with Crippen LogP contribution in [0.3, 0.4) is 0 Å². The predicted molar refractivity (Wildman–Crippen MR) is 59.7 cm³/mol. The van der Waals surface area contributed by atoms with Crippen molar-refractivity contribution in [1.29, 1.82) is 0 Å². The molecule has 0 amide bonds. The van der Waals surface area contributed by atoms with E-state index in [1.807, 2.05) is 6.92 Å². The average Bonchev–Trinajstić information content (AvgIpc) is 1.96. The molecule has 0 aliphatic rings. The Labute approximate surface area is 81.9 Å². The molecule has 2 nitrogen and oxygen atoms in total. The summed E-state index contributed by atoms with van der Waals surface area (Å²) in [7, 11) is 0. The molecule has 0 bridgehead atoms. The van der Waals surface area contributed by atoms with E-state index in [0.29, 0.717) is 5.84 Å². The topological polar surface area (TPSA) is 38.4 Å². The second kappa shape index (κ2) is 5.79. The van der Waals surface area contributed by atoms with Crippen molar-refractivity contribution in [3.05, 3.63) is 11.3 Å². The van der Waals surface area contributed by atoms with E-state index in [4.69, 9.17) is 5.73 Å². The summed E-state index contributed by atoms with van der Waals surface area (Å²) in [6, 6.07) is 0. The normalized spacial score (nSPS) is 12.0. The van der Waals surface area contributed by atoms with Gasteiger partial charge in [-0.25, -0.2) is 4.99 Å². The molecule has 0 unspecified atom stereocenters. The molecule has 0 saturated carbocycles. The maximum absolute atomic E-state index is 5.55. The molecule has 0 heterocycles. The van der Waals surface area contributed by atoms with Gasteiger partial charge in [-0.1, -0.05) is 19.4 Å². The molecule has 0 aliphatic carbocycles. The van der Waals surface area contributed by atoms with Crippen LogP contribution in [-0.2, 0) is 0 Å².